The van der Waals surface area contributed by atoms with Gasteiger partial charge in [-0.15, -0.1) is 0 Å². The van der Waals surface area contributed by atoms with Gasteiger partial charge in [0.2, 0.25) is 11.7 Å². The number of Topliss-reactive ketones (excluding diaryl/α,β-unsaturated/α-hetero) is 1. The SMILES string of the molecule is CCc1c(CC2CCCCC2)nc(NCC(=O)c2ccco2)[nH]c1=O. The number of nitrogens with zero attached hydrogens (tertiary/aromatic N) is 1. The largest absolute Gasteiger partial charge is 0.461 e. The van der Waals surface area contributed by atoms with Crippen molar-refractivity contribution < 1.29 is 9.21 Å². The van der Waals surface area contributed by atoms with Crippen LogP contribution in [0.4, 0.5) is 5.95 Å². The monoisotopic (exact) mass is 343 g/mol. The number of carbonyl (C=O) groups is 1. The second kappa shape index (κ2) is 8.14. The predicted molar refractivity (Wildman–Crippen MR) is 96.0 cm³/mol. The van der Waals surface area contributed by atoms with E-state index in [1.54, 1.807) is 12.1 Å². The van der Waals surface area contributed by atoms with Gasteiger partial charge in [-0.1, -0.05) is 39.0 Å². The van der Waals surface area contributed by atoms with Gasteiger partial charge in [0.05, 0.1) is 18.5 Å². The van der Waals surface area contributed by atoms with Crippen molar-refractivity contribution in [3.8, 4) is 0 Å². The van der Waals surface area contributed by atoms with E-state index >= 15 is 0 Å². The molecule has 3 rings (SSSR count). The van der Waals surface area contributed by atoms with Crippen LogP contribution in [0.5, 0.6) is 0 Å². The topological polar surface area (TPSA) is 88.0 Å². The van der Waals surface area contributed by atoms with Crippen molar-refractivity contribution in [2.75, 3.05) is 11.9 Å². The van der Waals surface area contributed by atoms with E-state index in [9.17, 15) is 9.59 Å². The Morgan fingerprint density at radius 3 is 2.84 bits per heavy atom. The van der Waals surface area contributed by atoms with Crippen LogP contribution in [-0.4, -0.2) is 22.3 Å². The molecule has 6 nitrogen and oxygen atoms in total. The van der Waals surface area contributed by atoms with E-state index in [0.717, 1.165) is 17.7 Å². The molecule has 1 aliphatic carbocycles. The molecule has 1 saturated carbocycles. The lowest BCUT2D eigenvalue weighted by atomic mass is 9.85. The summed E-state index contributed by atoms with van der Waals surface area (Å²) in [5.74, 6) is 1.07. The van der Waals surface area contributed by atoms with Gasteiger partial charge < -0.3 is 9.73 Å². The molecular formula is C19H25N3O3. The Balaban J connectivity index is 1.73. The molecule has 0 radical (unpaired) electrons. The van der Waals surface area contributed by atoms with E-state index in [0.29, 0.717) is 24.0 Å². The number of H-pyrrole nitrogens is 1. The number of nitrogens with one attached hydrogen (secondary N) is 2. The first-order valence-corrected chi connectivity index (χ1v) is 9.10. The smallest absolute Gasteiger partial charge is 0.255 e. The number of hydrogen-bond acceptors (Lipinski definition) is 5. The van der Waals surface area contributed by atoms with Crippen molar-refractivity contribution in [3.05, 3.63) is 45.8 Å². The summed E-state index contributed by atoms with van der Waals surface area (Å²) < 4.78 is 5.09. The number of carbonyl (C=O) groups excluding carboxylic acids is 1. The summed E-state index contributed by atoms with van der Waals surface area (Å²) >= 11 is 0. The van der Waals surface area contributed by atoms with Crippen LogP contribution in [0, 0.1) is 5.92 Å². The molecule has 2 aromatic rings. The number of anilines is 1. The molecule has 0 saturated heterocycles. The van der Waals surface area contributed by atoms with Gasteiger partial charge in [-0.3, -0.25) is 14.6 Å². The van der Waals surface area contributed by atoms with Gasteiger partial charge in [0.1, 0.15) is 0 Å². The zero-order chi connectivity index (χ0) is 17.6. The molecule has 25 heavy (non-hydrogen) atoms. The average molecular weight is 343 g/mol. The lowest BCUT2D eigenvalue weighted by Crippen LogP contribution is -2.24. The Morgan fingerprint density at radius 2 is 2.16 bits per heavy atom. The van der Waals surface area contributed by atoms with Crippen LogP contribution in [-0.2, 0) is 12.8 Å². The summed E-state index contributed by atoms with van der Waals surface area (Å²) in [6, 6.07) is 3.29. The molecule has 0 aliphatic heterocycles. The van der Waals surface area contributed by atoms with Gasteiger partial charge in [-0.05, 0) is 30.9 Å². The van der Waals surface area contributed by atoms with Gasteiger partial charge in [0.25, 0.3) is 5.56 Å². The first kappa shape index (κ1) is 17.5. The first-order chi connectivity index (χ1) is 12.2. The van der Waals surface area contributed by atoms with Crippen molar-refractivity contribution in [1.29, 1.82) is 0 Å². The van der Waals surface area contributed by atoms with Crippen LogP contribution in [0.1, 0.15) is 60.8 Å². The number of aromatic amines is 1. The maximum atomic E-state index is 12.4. The molecule has 1 fully saturated rings. The molecule has 0 bridgehead atoms. The fourth-order valence-corrected chi connectivity index (χ4v) is 3.51. The molecule has 2 heterocycles. The van der Waals surface area contributed by atoms with E-state index in [1.807, 2.05) is 6.92 Å². The predicted octanol–water partition coefficient (Wildman–Crippen LogP) is 3.34. The maximum Gasteiger partial charge on any atom is 0.255 e. The number of rotatable bonds is 7. The quantitative estimate of drug-likeness (QED) is 0.753. The molecule has 0 unspecified atom stereocenters. The minimum Gasteiger partial charge on any atom is -0.461 e. The normalized spacial score (nSPS) is 15.2. The van der Waals surface area contributed by atoms with Crippen molar-refractivity contribution in [2.24, 2.45) is 5.92 Å². The Hall–Kier alpha value is -2.37. The molecule has 1 aliphatic rings. The van der Waals surface area contributed by atoms with Crippen LogP contribution in [0.25, 0.3) is 0 Å². The minimum absolute atomic E-state index is 0.0325. The standard InChI is InChI=1S/C19H25N3O3/c1-2-14-15(11-13-7-4-3-5-8-13)21-19(22-18(14)24)20-12-16(23)17-9-6-10-25-17/h6,9-10,13H,2-5,7-8,11-12H2,1H3,(H2,20,21,22,24). The molecule has 2 aromatic heterocycles. The second-order valence-corrected chi connectivity index (χ2v) is 6.66. The lowest BCUT2D eigenvalue weighted by molar-refractivity contribution is 0.0979. The van der Waals surface area contributed by atoms with Gasteiger partial charge in [-0.25, -0.2) is 4.98 Å². The summed E-state index contributed by atoms with van der Waals surface area (Å²) in [6.07, 6.45) is 9.21. The maximum absolute atomic E-state index is 12.4. The molecule has 2 N–H and O–H groups in total. The van der Waals surface area contributed by atoms with Crippen LogP contribution in [0.2, 0.25) is 0 Å². The summed E-state index contributed by atoms with van der Waals surface area (Å²) in [5, 5.41) is 2.93. The number of furan rings is 1. The lowest BCUT2D eigenvalue weighted by Gasteiger charge is -2.22. The summed E-state index contributed by atoms with van der Waals surface area (Å²) in [4.78, 5) is 31.7. The Bertz CT molecular complexity index is 759. The van der Waals surface area contributed by atoms with E-state index in [-0.39, 0.29) is 17.9 Å². The molecule has 134 valence electrons. The Labute approximate surface area is 147 Å². The number of hydrogen-bond donors (Lipinski definition) is 2. The third kappa shape index (κ3) is 4.38. The van der Waals surface area contributed by atoms with Crippen LogP contribution in [0.15, 0.2) is 27.6 Å². The van der Waals surface area contributed by atoms with Crippen molar-refractivity contribution in [2.45, 2.75) is 51.9 Å². The summed E-state index contributed by atoms with van der Waals surface area (Å²) in [5.41, 5.74) is 1.51. The Morgan fingerprint density at radius 1 is 1.36 bits per heavy atom. The van der Waals surface area contributed by atoms with Gasteiger partial charge in [0, 0.05) is 5.56 Å². The zero-order valence-corrected chi connectivity index (χ0v) is 14.6. The fraction of sp³-hybridized carbons (Fsp3) is 0.526. The number of aromatic nitrogens is 2. The number of ketones is 1. The molecule has 0 spiro atoms. The average Bonchev–Trinajstić information content (AvgIpc) is 3.15. The highest BCUT2D eigenvalue weighted by atomic mass is 16.3. The fourth-order valence-electron chi connectivity index (χ4n) is 3.51. The van der Waals surface area contributed by atoms with Gasteiger partial charge in [-0.2, -0.15) is 0 Å². The highest BCUT2D eigenvalue weighted by Gasteiger charge is 2.19. The Kier molecular flexibility index (Phi) is 5.68. The van der Waals surface area contributed by atoms with Gasteiger partial charge >= 0.3 is 0 Å². The minimum atomic E-state index is -0.180. The van der Waals surface area contributed by atoms with Crippen LogP contribution >= 0.6 is 0 Å². The van der Waals surface area contributed by atoms with Crippen LogP contribution < -0.4 is 10.9 Å². The molecular weight excluding hydrogens is 318 g/mol. The molecule has 0 aromatic carbocycles. The molecule has 0 amide bonds. The summed E-state index contributed by atoms with van der Waals surface area (Å²) in [7, 11) is 0. The van der Waals surface area contributed by atoms with Crippen molar-refractivity contribution in [3.63, 3.8) is 0 Å². The molecule has 6 heteroatoms. The van der Waals surface area contributed by atoms with E-state index in [2.05, 4.69) is 15.3 Å². The van der Waals surface area contributed by atoms with E-state index in [4.69, 9.17) is 4.42 Å². The van der Waals surface area contributed by atoms with Crippen LogP contribution in [0.3, 0.4) is 0 Å². The summed E-state index contributed by atoms with van der Waals surface area (Å²) in [6.45, 7) is 2.01. The first-order valence-electron chi connectivity index (χ1n) is 9.10. The second-order valence-electron chi connectivity index (χ2n) is 6.66. The zero-order valence-electron chi connectivity index (χ0n) is 14.6. The van der Waals surface area contributed by atoms with E-state index in [1.165, 1.54) is 38.4 Å². The van der Waals surface area contributed by atoms with E-state index < -0.39 is 0 Å². The highest BCUT2D eigenvalue weighted by Crippen LogP contribution is 2.27. The van der Waals surface area contributed by atoms with Gasteiger partial charge in [0.15, 0.2) is 5.76 Å². The third-order valence-corrected chi connectivity index (χ3v) is 4.87. The van der Waals surface area contributed by atoms with Crippen molar-refractivity contribution >= 4 is 11.7 Å². The highest BCUT2D eigenvalue weighted by molar-refractivity contribution is 5.96. The molecule has 0 atom stereocenters. The van der Waals surface area contributed by atoms with Crippen molar-refractivity contribution in [1.82, 2.24) is 9.97 Å². The third-order valence-electron chi connectivity index (χ3n) is 4.87.